The second kappa shape index (κ2) is 21.3. The fourth-order valence-corrected chi connectivity index (χ4v) is 4.73. The maximum Gasteiger partial charge on any atom is 0.168 e. The molecule has 196 valence electrons. The minimum atomic E-state index is -0.00921. The summed E-state index contributed by atoms with van der Waals surface area (Å²) in [6, 6.07) is 6.20. The molecule has 1 aromatic rings. The predicted octanol–water partition coefficient (Wildman–Crippen LogP) is 7.77. The highest BCUT2D eigenvalue weighted by molar-refractivity contribution is 4.83. The van der Waals surface area contributed by atoms with E-state index in [-0.39, 0.29) is 12.4 Å². The fraction of sp³-hybridized carbons (Fsp3) is 0.833. The van der Waals surface area contributed by atoms with Gasteiger partial charge in [0.15, 0.2) is 18.7 Å². The summed E-state index contributed by atoms with van der Waals surface area (Å²) in [6.07, 6.45) is 28.6. The lowest BCUT2D eigenvalue weighted by molar-refractivity contribution is -0.697. The normalized spacial score (nSPS) is 18.0. The van der Waals surface area contributed by atoms with E-state index in [0.717, 1.165) is 32.4 Å². The van der Waals surface area contributed by atoms with Crippen LogP contribution in [0.1, 0.15) is 122 Å². The zero-order valence-electron chi connectivity index (χ0n) is 22.3. The fourth-order valence-electron chi connectivity index (χ4n) is 4.73. The van der Waals surface area contributed by atoms with Gasteiger partial charge in [0, 0.05) is 25.2 Å². The molecule has 1 fully saturated rings. The Balaban J connectivity index is 1.28. The lowest BCUT2D eigenvalue weighted by Gasteiger charge is -2.12. The summed E-state index contributed by atoms with van der Waals surface area (Å²) in [5.41, 5.74) is 0. The minimum Gasteiger partial charge on any atom is -0.379 e. The topological polar surface area (TPSA) is 31.6 Å². The van der Waals surface area contributed by atoms with Crippen LogP contribution in [0.2, 0.25) is 0 Å². The average molecular weight is 477 g/mol. The first kappa shape index (κ1) is 29.3. The number of pyridine rings is 1. The van der Waals surface area contributed by atoms with Gasteiger partial charge in [0.25, 0.3) is 0 Å². The Bertz CT molecular complexity index is 553. The van der Waals surface area contributed by atoms with Crippen molar-refractivity contribution in [3.05, 3.63) is 30.6 Å². The van der Waals surface area contributed by atoms with E-state index >= 15 is 0 Å². The smallest absolute Gasteiger partial charge is 0.168 e. The average Bonchev–Trinajstić information content (AvgIpc) is 3.32. The van der Waals surface area contributed by atoms with Crippen molar-refractivity contribution in [3.63, 3.8) is 0 Å². The van der Waals surface area contributed by atoms with Crippen LogP contribution >= 0.6 is 0 Å². The van der Waals surface area contributed by atoms with Crippen LogP contribution in [-0.2, 0) is 20.8 Å². The zero-order valence-corrected chi connectivity index (χ0v) is 22.3. The molecule has 0 aliphatic carbocycles. The van der Waals surface area contributed by atoms with Crippen molar-refractivity contribution < 1.29 is 18.8 Å². The molecule has 1 aliphatic rings. The summed E-state index contributed by atoms with van der Waals surface area (Å²) in [5.74, 6) is 0. The first-order valence-corrected chi connectivity index (χ1v) is 14.7. The summed E-state index contributed by atoms with van der Waals surface area (Å²) >= 11 is 0. The van der Waals surface area contributed by atoms with Gasteiger partial charge in [0.1, 0.15) is 12.6 Å². The predicted molar refractivity (Wildman–Crippen MR) is 141 cm³/mol. The molecule has 1 aromatic heterocycles. The van der Waals surface area contributed by atoms with Gasteiger partial charge in [-0.05, 0) is 19.3 Å². The molecule has 0 bridgehead atoms. The van der Waals surface area contributed by atoms with Gasteiger partial charge in [-0.15, -0.1) is 0 Å². The Hall–Kier alpha value is -0.970. The number of rotatable bonds is 23. The molecule has 4 heteroatoms. The van der Waals surface area contributed by atoms with E-state index in [4.69, 9.17) is 14.2 Å². The summed E-state index contributed by atoms with van der Waals surface area (Å²) in [5, 5.41) is 0. The summed E-state index contributed by atoms with van der Waals surface area (Å²) < 4.78 is 19.9. The molecular formula is C30H54NO3+. The van der Waals surface area contributed by atoms with Crippen molar-refractivity contribution in [1.82, 2.24) is 0 Å². The van der Waals surface area contributed by atoms with Crippen LogP contribution in [0.15, 0.2) is 30.6 Å². The molecule has 2 heterocycles. The first-order chi connectivity index (χ1) is 16.9. The number of hydrogen-bond donors (Lipinski definition) is 0. The summed E-state index contributed by atoms with van der Waals surface area (Å²) in [4.78, 5) is 0. The summed E-state index contributed by atoms with van der Waals surface area (Å²) in [6.45, 7) is 5.49. The van der Waals surface area contributed by atoms with Gasteiger partial charge in [0.05, 0.1) is 13.2 Å². The lowest BCUT2D eigenvalue weighted by atomic mass is 10.0. The molecule has 0 spiro atoms. The minimum absolute atomic E-state index is 0.00921. The van der Waals surface area contributed by atoms with E-state index in [1.54, 1.807) is 0 Å². The molecule has 0 N–H and O–H groups in total. The molecule has 1 saturated heterocycles. The van der Waals surface area contributed by atoms with Gasteiger partial charge >= 0.3 is 0 Å². The van der Waals surface area contributed by atoms with Crippen LogP contribution < -0.4 is 4.57 Å². The van der Waals surface area contributed by atoms with E-state index in [2.05, 4.69) is 42.1 Å². The Kier molecular flexibility index (Phi) is 18.4. The van der Waals surface area contributed by atoms with E-state index in [9.17, 15) is 0 Å². The third-order valence-electron chi connectivity index (χ3n) is 6.89. The molecule has 2 atom stereocenters. The maximum atomic E-state index is 6.01. The highest BCUT2D eigenvalue weighted by Crippen LogP contribution is 2.19. The Labute approximate surface area is 210 Å². The molecule has 1 aliphatic heterocycles. The van der Waals surface area contributed by atoms with Crippen molar-refractivity contribution >= 4 is 0 Å². The zero-order chi connectivity index (χ0) is 23.9. The van der Waals surface area contributed by atoms with Gasteiger partial charge in [-0.1, -0.05) is 103 Å². The second-order valence-electron chi connectivity index (χ2n) is 10.2. The van der Waals surface area contributed by atoms with E-state index in [1.807, 2.05) is 0 Å². The van der Waals surface area contributed by atoms with E-state index < -0.39 is 0 Å². The molecule has 0 aromatic carbocycles. The number of ether oxygens (including phenoxy) is 3. The lowest BCUT2D eigenvalue weighted by Crippen LogP contribution is -2.32. The van der Waals surface area contributed by atoms with Crippen LogP contribution in [0.25, 0.3) is 0 Å². The van der Waals surface area contributed by atoms with Crippen LogP contribution in [0.3, 0.4) is 0 Å². The SMILES string of the molecule is CCCCCCCCCCCCCCCCCC1OCC(COCCCC[n+]2ccccc2)O1. The number of unbranched alkanes of at least 4 members (excludes halogenated alkanes) is 15. The standard InChI is InChI=1S/C30H54NO3/c1-2-3-4-5-6-7-8-9-10-11-12-13-14-15-17-22-30-33-28-29(34-30)27-32-26-21-20-25-31-23-18-16-19-24-31/h16,18-19,23-24,29-30H,2-15,17,20-22,25-28H2,1H3/q+1. The van der Waals surface area contributed by atoms with Gasteiger partial charge in [-0.2, -0.15) is 0 Å². The van der Waals surface area contributed by atoms with Crippen molar-refractivity contribution in [2.75, 3.05) is 19.8 Å². The molecule has 34 heavy (non-hydrogen) atoms. The molecule has 4 nitrogen and oxygen atoms in total. The van der Waals surface area contributed by atoms with Crippen molar-refractivity contribution in [2.45, 2.75) is 141 Å². The monoisotopic (exact) mass is 476 g/mol. The van der Waals surface area contributed by atoms with Gasteiger partial charge < -0.3 is 14.2 Å². The number of aryl methyl sites for hydroxylation is 1. The van der Waals surface area contributed by atoms with Gasteiger partial charge in [-0.25, -0.2) is 4.57 Å². The van der Waals surface area contributed by atoms with Gasteiger partial charge in [-0.3, -0.25) is 0 Å². The molecule has 0 radical (unpaired) electrons. The highest BCUT2D eigenvalue weighted by atomic mass is 16.7. The Morgan fingerprint density at radius 1 is 0.706 bits per heavy atom. The van der Waals surface area contributed by atoms with Crippen molar-refractivity contribution in [1.29, 1.82) is 0 Å². The maximum absolute atomic E-state index is 6.01. The molecular weight excluding hydrogens is 422 g/mol. The molecule has 0 saturated carbocycles. The third kappa shape index (κ3) is 15.8. The van der Waals surface area contributed by atoms with E-state index in [0.29, 0.717) is 13.2 Å². The largest absolute Gasteiger partial charge is 0.379 e. The van der Waals surface area contributed by atoms with E-state index in [1.165, 1.54) is 96.3 Å². The van der Waals surface area contributed by atoms with Gasteiger partial charge in [0.2, 0.25) is 0 Å². The second-order valence-corrected chi connectivity index (χ2v) is 10.2. The quantitative estimate of drug-likeness (QED) is 0.119. The third-order valence-corrected chi connectivity index (χ3v) is 6.89. The van der Waals surface area contributed by atoms with Crippen molar-refractivity contribution in [3.8, 4) is 0 Å². The molecule has 2 rings (SSSR count). The number of aromatic nitrogens is 1. The van der Waals surface area contributed by atoms with Crippen LogP contribution in [-0.4, -0.2) is 32.2 Å². The van der Waals surface area contributed by atoms with Crippen LogP contribution in [0, 0.1) is 0 Å². The number of nitrogens with zero attached hydrogens (tertiary/aromatic N) is 1. The first-order valence-electron chi connectivity index (χ1n) is 14.7. The molecule has 2 unspecified atom stereocenters. The molecule has 0 amide bonds. The number of hydrogen-bond acceptors (Lipinski definition) is 3. The Morgan fingerprint density at radius 2 is 1.29 bits per heavy atom. The Morgan fingerprint density at radius 3 is 1.91 bits per heavy atom. The van der Waals surface area contributed by atoms with Crippen molar-refractivity contribution in [2.24, 2.45) is 0 Å². The highest BCUT2D eigenvalue weighted by Gasteiger charge is 2.25. The van der Waals surface area contributed by atoms with Crippen LogP contribution in [0.4, 0.5) is 0 Å². The summed E-state index contributed by atoms with van der Waals surface area (Å²) in [7, 11) is 0. The van der Waals surface area contributed by atoms with Crippen LogP contribution in [0.5, 0.6) is 0 Å².